The summed E-state index contributed by atoms with van der Waals surface area (Å²) in [6.45, 7) is 0. The van der Waals surface area contributed by atoms with Gasteiger partial charge in [0.15, 0.2) is 45.9 Å². The van der Waals surface area contributed by atoms with Crippen molar-refractivity contribution in [3.63, 3.8) is 0 Å². The van der Waals surface area contributed by atoms with Crippen LogP contribution in [0.2, 0.25) is 0 Å². The zero-order chi connectivity index (χ0) is 84.9. The molecule has 36 heteroatoms. The van der Waals surface area contributed by atoms with Crippen molar-refractivity contribution in [1.29, 1.82) is 0 Å². The summed E-state index contributed by atoms with van der Waals surface area (Å²) in [6.07, 6.45) is 19.2. The molecule has 0 atom stereocenters. The molecule has 0 amide bonds. The highest BCUT2D eigenvalue weighted by atomic mass is 32.1. The van der Waals surface area contributed by atoms with E-state index in [0.717, 1.165) is 146 Å². The predicted molar refractivity (Wildman–Crippen MR) is 502 cm³/mol. The van der Waals surface area contributed by atoms with E-state index < -0.39 is 0 Å². The molecule has 0 saturated carbocycles. The molecule has 0 aliphatic heterocycles. The molecule has 25 aromatic rings. The van der Waals surface area contributed by atoms with Gasteiger partial charge in [-0.2, -0.15) is 4.37 Å². The van der Waals surface area contributed by atoms with Crippen LogP contribution in [0.1, 0.15) is 0 Å². The Bertz CT molecular complexity index is 7590. The largest absolute Gasteiger partial charge is 0.359 e. The summed E-state index contributed by atoms with van der Waals surface area (Å²) in [4.78, 5) is 81.7. The molecular weight excluding hydrogens is 1720 g/mol. The molecule has 16 aromatic heterocycles. The van der Waals surface area contributed by atoms with E-state index in [1.807, 2.05) is 182 Å². The van der Waals surface area contributed by atoms with Crippen molar-refractivity contribution >= 4 is 234 Å². The number of H-pyrrole nitrogens is 2. The Labute approximate surface area is 738 Å². The van der Waals surface area contributed by atoms with Crippen LogP contribution in [-0.4, -0.2) is 104 Å². The van der Waals surface area contributed by atoms with Crippen LogP contribution in [0, 0.1) is 11.6 Å². The quantitative estimate of drug-likeness (QED) is 0.0501. The van der Waals surface area contributed by atoms with Crippen molar-refractivity contribution in [3.8, 4) is 53.5 Å². The Morgan fingerprint density at radius 1 is 0.299 bits per heavy atom. The summed E-state index contributed by atoms with van der Waals surface area (Å²) >= 11 is 8.99. The lowest BCUT2D eigenvalue weighted by atomic mass is 10.2. The zero-order valence-electron chi connectivity index (χ0n) is 65.3. The second-order valence-corrected chi connectivity index (χ2v) is 33.2. The number of aromatic nitrogens is 21. The van der Waals surface area contributed by atoms with Gasteiger partial charge in [-0.15, -0.1) is 56.7 Å². The number of aromatic amines is 2. The normalized spacial score (nSPS) is 11.2. The van der Waals surface area contributed by atoms with E-state index in [1.54, 1.807) is 89.5 Å². The maximum Gasteiger partial charge on any atom is 0.175 e. The Hall–Kier alpha value is -16.3. The summed E-state index contributed by atoms with van der Waals surface area (Å²) in [7, 11) is 0. The highest BCUT2D eigenvalue weighted by Gasteiger charge is 2.20. The van der Waals surface area contributed by atoms with Crippen LogP contribution < -0.4 is 26.6 Å². The zero-order valence-corrected chi connectivity index (χ0v) is 70.2. The number of fused-ring (bicyclic) bond motifs is 10. The second-order valence-electron chi connectivity index (χ2n) is 27.9. The number of nitrogens with one attached hydrogen (secondary N) is 7. The molecule has 0 aliphatic rings. The van der Waals surface area contributed by atoms with Crippen molar-refractivity contribution in [2.24, 2.45) is 0 Å². The third-order valence-electron chi connectivity index (χ3n) is 19.7. The number of nitrogens with zero attached hydrogens (tertiary/aromatic N) is 19. The molecule has 16 heterocycles. The molecule has 0 radical (unpaired) electrons. The van der Waals surface area contributed by atoms with Gasteiger partial charge in [0.2, 0.25) is 0 Å². The second kappa shape index (κ2) is 34.9. The molecule has 0 fully saturated rings. The summed E-state index contributed by atoms with van der Waals surface area (Å²) in [6, 6.07) is 63.5. The van der Waals surface area contributed by atoms with E-state index in [0.29, 0.717) is 68.8 Å². The lowest BCUT2D eigenvalue weighted by molar-refractivity contribution is 0.456. The molecule has 25 rings (SSSR count). The number of benzene rings is 9. The average molecular weight is 1780 g/mol. The van der Waals surface area contributed by atoms with Gasteiger partial charge in [-0.25, -0.2) is 63.6 Å². The first-order chi connectivity index (χ1) is 62.6. The number of pyridine rings is 1. The molecule has 0 unspecified atom stereocenters. The maximum absolute atomic E-state index is 14.3. The fraction of sp³-hybridized carbons (Fsp3) is 0. The van der Waals surface area contributed by atoms with E-state index in [1.165, 1.54) is 85.0 Å². The molecular formula is C91H56F2N26O2S6. The van der Waals surface area contributed by atoms with Gasteiger partial charge in [0, 0.05) is 139 Å². The molecule has 0 aliphatic carbocycles. The van der Waals surface area contributed by atoms with E-state index in [4.69, 9.17) is 24.0 Å². The molecule has 28 nitrogen and oxygen atoms in total. The Morgan fingerprint density at radius 3 is 1.13 bits per heavy atom. The van der Waals surface area contributed by atoms with Crippen molar-refractivity contribution in [2.75, 3.05) is 26.6 Å². The van der Waals surface area contributed by atoms with Crippen molar-refractivity contribution in [3.05, 3.63) is 308 Å². The van der Waals surface area contributed by atoms with Crippen LogP contribution in [0.4, 0.5) is 66.3 Å². The fourth-order valence-electron chi connectivity index (χ4n) is 13.8. The molecule has 7 N–H and O–H groups in total. The first-order valence-corrected chi connectivity index (χ1v) is 43.9. The van der Waals surface area contributed by atoms with Crippen LogP contribution >= 0.6 is 68.2 Å². The fourth-order valence-corrected chi connectivity index (χ4v) is 17.2. The van der Waals surface area contributed by atoms with Crippen molar-refractivity contribution < 1.29 is 17.8 Å². The number of halogens is 2. The summed E-state index contributed by atoms with van der Waals surface area (Å²) in [5.74, 6) is 5.98. The van der Waals surface area contributed by atoms with E-state index in [-0.39, 0.29) is 11.6 Å². The minimum atomic E-state index is -0.325. The number of anilines is 10. The van der Waals surface area contributed by atoms with Gasteiger partial charge in [0.25, 0.3) is 0 Å². The van der Waals surface area contributed by atoms with Gasteiger partial charge >= 0.3 is 0 Å². The lowest BCUT2D eigenvalue weighted by Crippen LogP contribution is -2.00. The molecule has 127 heavy (non-hydrogen) atoms. The molecule has 612 valence electrons. The first kappa shape index (κ1) is 78.0. The smallest absolute Gasteiger partial charge is 0.175 e. The average Bonchev–Trinajstić information content (AvgIpc) is 1.72. The number of rotatable bonds is 15. The van der Waals surface area contributed by atoms with Gasteiger partial charge in [0.05, 0.1) is 108 Å². The van der Waals surface area contributed by atoms with Gasteiger partial charge in [-0.3, -0.25) is 24.9 Å². The van der Waals surface area contributed by atoms with Crippen LogP contribution in [0.3, 0.4) is 0 Å². The molecule has 0 spiro atoms. The summed E-state index contributed by atoms with van der Waals surface area (Å²) in [5, 5.41) is 33.4. The molecule has 9 aromatic carbocycles. The minimum Gasteiger partial charge on any atom is -0.359 e. The summed E-state index contributed by atoms with van der Waals surface area (Å²) < 4.78 is 44.4. The summed E-state index contributed by atoms with van der Waals surface area (Å²) in [5.41, 5.74) is 19.3. The van der Waals surface area contributed by atoms with Crippen LogP contribution in [0.15, 0.2) is 305 Å². The molecule has 0 bridgehead atoms. The predicted octanol–water partition coefficient (Wildman–Crippen LogP) is 24.0. The first-order valence-electron chi connectivity index (χ1n) is 38.7. The van der Waals surface area contributed by atoms with Gasteiger partial charge in [-0.05, 0) is 157 Å². The standard InChI is InChI=1S/C19H12FN5S.C18H11FN6S.2C18H11N5OS.C18H11N5S2/c20-14-8-12(7-11-5-6-22-17(11)14)23-18-13-3-1-2-4-15(13)24-19(25-18)16-9-21-10-26-16;19-13-7-11(6-10-3-5-21-15(10)13)23-17-12-2-1-4-22-16(12)24-18(25-17)14-8-20-9-26-14;1-2-4-14-13(3-1)17(23-18(22-14)16-9-19-10-25-16)21-12-5-6-15-11(7-12)8-20-24-15;1-2-4-14-13(3-1)17(23-18(22-14)16-9-19-10-25-16)21-12-6-5-11-8-20-24-15(11)7-12;1-2-4-14-13(3-1)17(23-18(22-14)16-9-19-10-24-16)21-12-5-6-15-11(7-12)8-20-25-15/h1-10,22H,(H,23,24,25);1-9,21H,(H,22,23,24,25);3*1-10H,(H,21,22,23). The topological polar surface area (TPSA) is 363 Å². The molecule has 0 saturated heterocycles. The monoisotopic (exact) mass is 1770 g/mol. The van der Waals surface area contributed by atoms with Crippen LogP contribution in [0.25, 0.3) is 162 Å². The number of thiazole rings is 5. The maximum atomic E-state index is 14.3. The van der Waals surface area contributed by atoms with Gasteiger partial charge < -0.3 is 45.6 Å². The lowest BCUT2D eigenvalue weighted by Gasteiger charge is -2.11. The van der Waals surface area contributed by atoms with E-state index in [2.05, 4.69) is 128 Å². The SMILES string of the molecule is Fc1cc(Nc2nc(-c3cncs3)nc3ccccc23)cc2cc[nH]c12.Fc1cc(Nc2nc(-c3cncs3)nc3ncccc23)cc2cc[nH]c12.c1ccc2c(Nc3ccc4cnoc4c3)nc(-c3cncs3)nc2c1.c1ccc2c(Nc3ccc4oncc4c3)nc(-c3cncs3)nc2c1.c1ccc2c(Nc3ccc4sncc4c3)nc(-c3cncs3)nc2c1. The van der Waals surface area contributed by atoms with Crippen LogP contribution in [-0.2, 0) is 0 Å². The van der Waals surface area contributed by atoms with Gasteiger partial charge in [0.1, 0.15) is 40.7 Å². The van der Waals surface area contributed by atoms with Gasteiger partial charge in [-0.1, -0.05) is 58.8 Å². The Balaban J connectivity index is 0.0000000967. The number of hydrogen-bond donors (Lipinski definition) is 7. The highest BCUT2D eigenvalue weighted by Crippen LogP contribution is 2.38. The minimum absolute atomic E-state index is 0.309. The highest BCUT2D eigenvalue weighted by molar-refractivity contribution is 7.14. The van der Waals surface area contributed by atoms with Crippen LogP contribution in [0.5, 0.6) is 0 Å². The van der Waals surface area contributed by atoms with Crippen molar-refractivity contribution in [2.45, 2.75) is 0 Å². The third-order valence-corrected chi connectivity index (χ3v) is 24.4. The number of hydrogen-bond acceptors (Lipinski definition) is 32. The third kappa shape index (κ3) is 16.9. The number of para-hydroxylation sites is 4. The van der Waals surface area contributed by atoms with Crippen molar-refractivity contribution in [1.82, 2.24) is 104 Å². The van der Waals surface area contributed by atoms with E-state index >= 15 is 0 Å². The Kier molecular flexibility index (Phi) is 21.5. The Morgan fingerprint density at radius 2 is 0.677 bits per heavy atom. The van der Waals surface area contributed by atoms with E-state index in [9.17, 15) is 8.78 Å².